The lowest BCUT2D eigenvalue weighted by atomic mass is 9.47. The van der Waals surface area contributed by atoms with Gasteiger partial charge in [0.1, 0.15) is 54.9 Å². The summed E-state index contributed by atoms with van der Waals surface area (Å²) in [6, 6.07) is 0. The molecule has 24 unspecified atom stereocenters. The number of fused-ring (bicyclic) bond motifs is 7. The fourth-order valence-corrected chi connectivity index (χ4v) is 12.9. The molecule has 0 aromatic heterocycles. The van der Waals surface area contributed by atoms with Gasteiger partial charge in [0, 0.05) is 18.4 Å². The van der Waals surface area contributed by atoms with Crippen molar-refractivity contribution in [2.45, 2.75) is 184 Å². The Kier molecular flexibility index (Phi) is 11.3. The van der Waals surface area contributed by atoms with Crippen LogP contribution >= 0.6 is 0 Å². The van der Waals surface area contributed by atoms with Crippen molar-refractivity contribution in [2.75, 3.05) is 6.61 Å². The summed E-state index contributed by atoms with van der Waals surface area (Å²) in [6.07, 6.45) is -10.0. The van der Waals surface area contributed by atoms with E-state index in [1.807, 2.05) is 6.92 Å². The van der Waals surface area contributed by atoms with Crippen LogP contribution in [0, 0.1) is 46.3 Å². The van der Waals surface area contributed by atoms with Crippen molar-refractivity contribution in [2.24, 2.45) is 46.3 Å². The van der Waals surface area contributed by atoms with Gasteiger partial charge in [0.2, 0.25) is 0 Å². The Morgan fingerprint density at radius 3 is 2.00 bits per heavy atom. The summed E-state index contributed by atoms with van der Waals surface area (Å²) in [5, 5.41) is 85.8. The number of allylic oxidation sites excluding steroid dienone is 1. The predicted octanol–water partition coefficient (Wildman–Crippen LogP) is 0.289. The van der Waals surface area contributed by atoms with Crippen molar-refractivity contribution in [1.29, 1.82) is 0 Å². The van der Waals surface area contributed by atoms with Gasteiger partial charge in [-0.05, 0) is 93.8 Å². The number of carbonyl (C=O) groups is 1. The van der Waals surface area contributed by atoms with Crippen molar-refractivity contribution in [3.05, 3.63) is 11.6 Å². The number of aliphatic hydroxyl groups is 8. The van der Waals surface area contributed by atoms with Crippen LogP contribution in [0.3, 0.4) is 0 Å². The third-order valence-electron chi connectivity index (χ3n) is 16.2. The number of carbonyl (C=O) groups excluding carboxylic acids is 1. The Morgan fingerprint density at radius 1 is 0.750 bits per heavy atom. The summed E-state index contributed by atoms with van der Waals surface area (Å²) >= 11 is 0. The molecule has 56 heavy (non-hydrogen) atoms. The lowest BCUT2D eigenvalue weighted by Crippen LogP contribution is -2.64. The summed E-state index contributed by atoms with van der Waals surface area (Å²) in [5.41, 5.74) is 1.44. The first kappa shape index (κ1) is 41.4. The van der Waals surface area contributed by atoms with E-state index in [0.717, 1.165) is 38.5 Å². The number of esters is 1. The Bertz CT molecular complexity index is 1480. The predicted molar refractivity (Wildman–Crippen MR) is 194 cm³/mol. The normalized spacial score (nSPS) is 57.0. The van der Waals surface area contributed by atoms with Crippen molar-refractivity contribution in [3.63, 3.8) is 0 Å². The molecule has 7 fully saturated rings. The molecule has 0 spiro atoms. The van der Waals surface area contributed by atoms with E-state index in [0.29, 0.717) is 24.2 Å². The average Bonchev–Trinajstić information content (AvgIpc) is 3.63. The second kappa shape index (κ2) is 15.3. The minimum Gasteiger partial charge on any atom is -0.462 e. The van der Waals surface area contributed by atoms with E-state index in [1.54, 1.807) is 0 Å². The zero-order chi connectivity index (χ0) is 40.2. The SMILES string of the molecule is CC1OC(OC2C(CO)CC(OC3CCC4(C)C(=CCC5C4CCC4(C)C5CC5OC(=O)C(C)C54)C3)C(OC3OC(C)C(O)C(O)C3O)C2O)C(O)C(O)C1O. The van der Waals surface area contributed by atoms with E-state index < -0.39 is 98.4 Å². The topological polar surface area (TPSA) is 234 Å². The van der Waals surface area contributed by atoms with Crippen molar-refractivity contribution < 1.29 is 74.1 Å². The van der Waals surface area contributed by atoms with Crippen LogP contribution in [-0.2, 0) is 33.2 Å². The zero-order valence-corrected chi connectivity index (χ0v) is 33.1. The van der Waals surface area contributed by atoms with Crippen LogP contribution < -0.4 is 0 Å². The minimum absolute atomic E-state index is 0.0120. The van der Waals surface area contributed by atoms with Crippen LogP contribution in [-0.4, -0.2) is 151 Å². The van der Waals surface area contributed by atoms with Crippen LogP contribution in [0.5, 0.6) is 0 Å². The molecule has 0 aromatic rings. The van der Waals surface area contributed by atoms with Gasteiger partial charge in [-0.15, -0.1) is 0 Å². The maximum Gasteiger partial charge on any atom is 0.309 e. The number of hydrogen-bond acceptors (Lipinski definition) is 15. The van der Waals surface area contributed by atoms with Gasteiger partial charge in [-0.3, -0.25) is 4.79 Å². The molecule has 8 aliphatic rings. The van der Waals surface area contributed by atoms with Crippen molar-refractivity contribution in [3.8, 4) is 0 Å². The van der Waals surface area contributed by atoms with Crippen LogP contribution in [0.25, 0.3) is 0 Å². The maximum absolute atomic E-state index is 12.5. The van der Waals surface area contributed by atoms with E-state index in [2.05, 4.69) is 19.9 Å². The molecule has 15 nitrogen and oxygen atoms in total. The monoisotopic (exact) mass is 796 g/mol. The van der Waals surface area contributed by atoms with Crippen molar-refractivity contribution >= 4 is 5.97 Å². The fraction of sp³-hybridized carbons (Fsp3) is 0.927. The van der Waals surface area contributed by atoms with Gasteiger partial charge < -0.3 is 69.3 Å². The number of hydrogen-bond donors (Lipinski definition) is 8. The average molecular weight is 797 g/mol. The molecule has 5 aliphatic carbocycles. The molecular weight excluding hydrogens is 732 g/mol. The standard InChI is InChI=1S/C41H64O15/c1-16-27-25(54-37(16)50)14-24-22-7-6-20-13-21(8-10-40(20,4)23(22)9-11-41(24,27)5)53-26-12-19(15-42)35(55-38-32(47)30(45)28(43)17(2)51-38)34(49)36(26)56-39-33(48)31(46)29(44)18(3)52-39/h6,16-19,21-36,38-39,42-49H,7-15H2,1-5H3. The third-order valence-corrected chi connectivity index (χ3v) is 16.2. The molecule has 0 amide bonds. The van der Waals surface area contributed by atoms with Gasteiger partial charge in [-0.25, -0.2) is 0 Å². The molecule has 0 radical (unpaired) electrons. The summed E-state index contributed by atoms with van der Waals surface area (Å²) in [4.78, 5) is 12.5. The smallest absolute Gasteiger partial charge is 0.309 e. The summed E-state index contributed by atoms with van der Waals surface area (Å²) < 4.78 is 36.6. The van der Waals surface area contributed by atoms with Crippen LogP contribution in [0.2, 0.25) is 0 Å². The van der Waals surface area contributed by atoms with Gasteiger partial charge in [0.25, 0.3) is 0 Å². The molecule has 4 saturated carbocycles. The van der Waals surface area contributed by atoms with E-state index in [1.165, 1.54) is 19.4 Å². The van der Waals surface area contributed by atoms with Gasteiger partial charge in [0.15, 0.2) is 12.6 Å². The first-order chi connectivity index (χ1) is 26.5. The van der Waals surface area contributed by atoms with Crippen LogP contribution in [0.15, 0.2) is 11.6 Å². The molecular formula is C41H64O15. The van der Waals surface area contributed by atoms with Crippen LogP contribution in [0.4, 0.5) is 0 Å². The quantitative estimate of drug-likeness (QED) is 0.128. The van der Waals surface area contributed by atoms with E-state index in [-0.39, 0.29) is 47.3 Å². The van der Waals surface area contributed by atoms with E-state index >= 15 is 0 Å². The second-order valence-electron chi connectivity index (χ2n) is 19.1. The first-order valence-corrected chi connectivity index (χ1v) is 21.0. The lowest BCUT2D eigenvalue weighted by molar-refractivity contribution is -0.350. The highest BCUT2D eigenvalue weighted by molar-refractivity contribution is 5.75. The Morgan fingerprint density at radius 2 is 1.38 bits per heavy atom. The molecule has 3 saturated heterocycles. The molecule has 15 heteroatoms. The lowest BCUT2D eigenvalue weighted by Gasteiger charge is -2.58. The van der Waals surface area contributed by atoms with Gasteiger partial charge in [-0.2, -0.15) is 0 Å². The van der Waals surface area contributed by atoms with Gasteiger partial charge >= 0.3 is 5.97 Å². The fourth-order valence-electron chi connectivity index (χ4n) is 12.9. The summed E-state index contributed by atoms with van der Waals surface area (Å²) in [5.74, 6) is 0.947. The van der Waals surface area contributed by atoms with E-state index in [4.69, 9.17) is 28.4 Å². The summed E-state index contributed by atoms with van der Waals surface area (Å²) in [6.45, 7) is 9.44. The van der Waals surface area contributed by atoms with Crippen molar-refractivity contribution in [1.82, 2.24) is 0 Å². The van der Waals surface area contributed by atoms with Gasteiger partial charge in [0.05, 0.1) is 36.4 Å². The Hall–Kier alpha value is -1.31. The maximum atomic E-state index is 12.5. The number of rotatable bonds is 7. The third kappa shape index (κ3) is 6.63. The molecule has 8 rings (SSSR count). The highest BCUT2D eigenvalue weighted by atomic mass is 16.7. The molecule has 0 bridgehead atoms. The highest BCUT2D eigenvalue weighted by Crippen LogP contribution is 2.68. The molecule has 318 valence electrons. The largest absolute Gasteiger partial charge is 0.462 e. The molecule has 8 N–H and O–H groups in total. The zero-order valence-electron chi connectivity index (χ0n) is 33.1. The Balaban J connectivity index is 1.01. The number of aliphatic hydroxyl groups excluding tert-OH is 8. The highest BCUT2D eigenvalue weighted by Gasteiger charge is 2.66. The van der Waals surface area contributed by atoms with Crippen LogP contribution in [0.1, 0.15) is 86.0 Å². The minimum atomic E-state index is -1.66. The molecule has 24 atom stereocenters. The van der Waals surface area contributed by atoms with E-state index in [9.17, 15) is 45.6 Å². The molecule has 3 aliphatic heterocycles. The molecule has 0 aromatic carbocycles. The first-order valence-electron chi connectivity index (χ1n) is 21.0. The Labute approximate surface area is 328 Å². The van der Waals surface area contributed by atoms with Gasteiger partial charge in [-0.1, -0.05) is 32.4 Å². The summed E-state index contributed by atoms with van der Waals surface area (Å²) in [7, 11) is 0. The second-order valence-corrected chi connectivity index (χ2v) is 19.1. The number of ether oxygens (including phenoxy) is 6. The molecule has 3 heterocycles.